The van der Waals surface area contributed by atoms with E-state index in [4.69, 9.17) is 21.1 Å². The Morgan fingerprint density at radius 2 is 1.77 bits per heavy atom. The quantitative estimate of drug-likeness (QED) is 0.0593. The molecule has 3 aliphatic rings. The minimum absolute atomic E-state index is 0.00377. The fraction of sp³-hybridized carbons (Fsp3) is 0.381. The van der Waals surface area contributed by atoms with Gasteiger partial charge in [0, 0.05) is 72.5 Å². The van der Waals surface area contributed by atoms with Crippen molar-refractivity contribution in [1.29, 1.82) is 0 Å². The number of benzene rings is 3. The number of methoxy groups -OCH3 is 1. The number of hydrogen-bond donors (Lipinski definition) is 5. The van der Waals surface area contributed by atoms with Crippen molar-refractivity contribution >= 4 is 82.2 Å². The van der Waals surface area contributed by atoms with Gasteiger partial charge in [-0.25, -0.2) is 4.98 Å². The molecule has 16 nitrogen and oxygen atoms in total. The summed E-state index contributed by atoms with van der Waals surface area (Å²) in [5.41, 5.74) is 4.36. The van der Waals surface area contributed by atoms with Crippen LogP contribution in [-0.4, -0.2) is 103 Å². The number of carbonyl (C=O) groups excluding carboxylic acids is 4. The minimum Gasteiger partial charge on any atom is -0.494 e. The molecule has 60 heavy (non-hydrogen) atoms. The van der Waals surface area contributed by atoms with Gasteiger partial charge < -0.3 is 45.1 Å². The van der Waals surface area contributed by atoms with Gasteiger partial charge in [0.1, 0.15) is 30.1 Å². The van der Waals surface area contributed by atoms with Gasteiger partial charge in [0.25, 0.3) is 5.91 Å². The lowest BCUT2D eigenvalue weighted by Crippen LogP contribution is -2.52. The molecule has 0 aliphatic carbocycles. The molecule has 7 rings (SSSR count). The maximum Gasteiger partial charge on any atom is 0.255 e. The summed E-state index contributed by atoms with van der Waals surface area (Å²) in [6, 6.07) is 17.9. The number of halogens is 1. The Labute approximate surface area is 353 Å². The molecule has 0 radical (unpaired) electrons. The highest BCUT2D eigenvalue weighted by Crippen LogP contribution is 2.39. The van der Waals surface area contributed by atoms with E-state index in [9.17, 15) is 23.7 Å². The second-order valence-corrected chi connectivity index (χ2v) is 18.9. The first-order chi connectivity index (χ1) is 28.8. The normalized spacial score (nSPS) is 17.5. The van der Waals surface area contributed by atoms with Crippen molar-refractivity contribution in [1.82, 2.24) is 25.5 Å². The van der Waals surface area contributed by atoms with Crippen LogP contribution in [0.15, 0.2) is 66.9 Å². The van der Waals surface area contributed by atoms with Crippen LogP contribution in [0, 0.1) is 0 Å². The Bertz CT molecular complexity index is 2330. The molecule has 1 aromatic heterocycles. The van der Waals surface area contributed by atoms with Gasteiger partial charge in [-0.3, -0.25) is 24.5 Å². The number of aromatic nitrogens is 2. The van der Waals surface area contributed by atoms with Gasteiger partial charge in [-0.2, -0.15) is 4.98 Å². The predicted octanol–water partition coefficient (Wildman–Crippen LogP) is 5.24. The Kier molecular flexibility index (Phi) is 12.9. The number of nitrogens with zero attached hydrogens (tertiary/aromatic N) is 4. The Balaban J connectivity index is 0.867. The third kappa shape index (κ3) is 9.67. The molecule has 4 amide bonds. The number of rotatable bonds is 15. The summed E-state index contributed by atoms with van der Waals surface area (Å²) in [6.07, 6.45) is 2.82. The van der Waals surface area contributed by atoms with Crippen molar-refractivity contribution in [2.45, 2.75) is 57.3 Å². The molecular formula is C42H49ClN9O7P. The summed E-state index contributed by atoms with van der Waals surface area (Å²) in [7, 11) is -0.972. The number of hydrogen-bond acceptors (Lipinski definition) is 13. The van der Waals surface area contributed by atoms with Crippen molar-refractivity contribution in [2.24, 2.45) is 0 Å². The van der Waals surface area contributed by atoms with Crippen LogP contribution in [0.4, 0.5) is 34.5 Å². The monoisotopic (exact) mass is 857 g/mol. The van der Waals surface area contributed by atoms with Crippen LogP contribution in [0.5, 0.6) is 5.75 Å². The smallest absolute Gasteiger partial charge is 0.255 e. The fourth-order valence-electron chi connectivity index (χ4n) is 7.64. The van der Waals surface area contributed by atoms with E-state index < -0.39 is 25.2 Å². The van der Waals surface area contributed by atoms with Crippen LogP contribution in [-0.2, 0) is 30.2 Å². The average Bonchev–Trinajstić information content (AvgIpc) is 3.57. The van der Waals surface area contributed by atoms with Crippen LogP contribution >= 0.6 is 18.7 Å². The summed E-state index contributed by atoms with van der Waals surface area (Å²) in [6.45, 7) is 7.53. The Morgan fingerprint density at radius 1 is 1.00 bits per heavy atom. The number of piperidine rings is 2. The zero-order valence-corrected chi connectivity index (χ0v) is 35.6. The molecule has 2 saturated heterocycles. The zero-order chi connectivity index (χ0) is 42.6. The van der Waals surface area contributed by atoms with Crippen molar-refractivity contribution in [3.05, 3.63) is 83.0 Å². The third-order valence-corrected chi connectivity index (χ3v) is 12.7. The first-order valence-electron chi connectivity index (χ1n) is 19.9. The van der Waals surface area contributed by atoms with Gasteiger partial charge in [0.15, 0.2) is 5.82 Å². The van der Waals surface area contributed by atoms with Crippen molar-refractivity contribution < 1.29 is 33.2 Å². The summed E-state index contributed by atoms with van der Waals surface area (Å²) in [5, 5.41) is 16.2. The van der Waals surface area contributed by atoms with Gasteiger partial charge in [-0.05, 0) is 75.9 Å². The second-order valence-electron chi connectivity index (χ2n) is 15.3. The Morgan fingerprint density at radius 3 is 2.52 bits per heavy atom. The number of fused-ring (bicyclic) bond motifs is 1. The maximum atomic E-state index is 13.1. The van der Waals surface area contributed by atoms with Crippen LogP contribution in [0.25, 0.3) is 0 Å². The van der Waals surface area contributed by atoms with Crippen LogP contribution < -0.4 is 41.5 Å². The predicted molar refractivity (Wildman–Crippen MR) is 232 cm³/mol. The van der Waals surface area contributed by atoms with E-state index in [1.54, 1.807) is 39.5 Å². The number of amides is 4. The molecule has 4 heterocycles. The van der Waals surface area contributed by atoms with E-state index in [0.717, 1.165) is 42.9 Å². The van der Waals surface area contributed by atoms with E-state index in [0.29, 0.717) is 57.7 Å². The fourth-order valence-corrected chi connectivity index (χ4v) is 8.93. The van der Waals surface area contributed by atoms with Crippen molar-refractivity contribution in [3.8, 4) is 5.75 Å². The highest BCUT2D eigenvalue weighted by Gasteiger charge is 2.40. The molecule has 4 aromatic rings. The van der Waals surface area contributed by atoms with E-state index >= 15 is 0 Å². The van der Waals surface area contributed by atoms with E-state index in [1.807, 2.05) is 48.5 Å². The van der Waals surface area contributed by atoms with Crippen molar-refractivity contribution in [2.75, 3.05) is 67.5 Å². The molecule has 0 spiro atoms. The lowest BCUT2D eigenvalue weighted by molar-refractivity contribution is -0.137. The van der Waals surface area contributed by atoms with Gasteiger partial charge in [0.05, 0.1) is 31.3 Å². The maximum absolute atomic E-state index is 13.1. The number of anilines is 6. The number of carbonyl (C=O) groups is 4. The zero-order valence-electron chi connectivity index (χ0n) is 33.9. The van der Waals surface area contributed by atoms with Gasteiger partial charge in [-0.15, -0.1) is 0 Å². The molecule has 316 valence electrons. The lowest BCUT2D eigenvalue weighted by Gasteiger charge is -2.34. The molecule has 0 saturated carbocycles. The molecule has 5 N–H and O–H groups in total. The second kappa shape index (κ2) is 18.3. The Hall–Kier alpha value is -5.70. The molecule has 2 fully saturated rings. The molecule has 0 bridgehead atoms. The van der Waals surface area contributed by atoms with Gasteiger partial charge in [0.2, 0.25) is 23.7 Å². The molecule has 18 heteroatoms. The summed E-state index contributed by atoms with van der Waals surface area (Å²) < 4.78 is 24.5. The topological polar surface area (TPSA) is 196 Å². The van der Waals surface area contributed by atoms with Gasteiger partial charge in [-0.1, -0.05) is 29.8 Å². The molecule has 2 atom stereocenters. The number of imide groups is 1. The molecule has 3 aliphatic heterocycles. The average molecular weight is 858 g/mol. The highest BCUT2D eigenvalue weighted by atomic mass is 35.5. The SMILES string of the molecule is COc1cc(N2CCC(NC(=O)C(C)OCCNc3cccc4c3CN(C3CCC(=O)NC3=O)C4=O)CC2)ccc1Nc1ncc(Cl)c(Nc2ccccc2P(C)(C)=O)n1. The van der Waals surface area contributed by atoms with E-state index in [2.05, 4.69) is 41.5 Å². The summed E-state index contributed by atoms with van der Waals surface area (Å²) >= 11 is 6.45. The van der Waals surface area contributed by atoms with E-state index in [-0.39, 0.29) is 43.3 Å². The number of ether oxygens (including phenoxy) is 2. The lowest BCUT2D eigenvalue weighted by atomic mass is 10.0. The third-order valence-electron chi connectivity index (χ3n) is 10.9. The molecule has 2 unspecified atom stereocenters. The first kappa shape index (κ1) is 42.4. The number of nitrogens with one attached hydrogen (secondary N) is 5. The highest BCUT2D eigenvalue weighted by molar-refractivity contribution is 7.70. The largest absolute Gasteiger partial charge is 0.494 e. The van der Waals surface area contributed by atoms with Crippen LogP contribution in [0.2, 0.25) is 5.02 Å². The van der Waals surface area contributed by atoms with Crippen LogP contribution in [0.1, 0.15) is 48.5 Å². The van der Waals surface area contributed by atoms with Gasteiger partial charge >= 0.3 is 0 Å². The molecular weight excluding hydrogens is 809 g/mol. The van der Waals surface area contributed by atoms with Crippen LogP contribution in [0.3, 0.4) is 0 Å². The summed E-state index contributed by atoms with van der Waals surface area (Å²) in [5.74, 6) is 0.0701. The number of para-hydroxylation sites is 1. The van der Waals surface area contributed by atoms with E-state index in [1.165, 1.54) is 11.1 Å². The standard InChI is InChI=1S/C42H49ClN9O7P/c1-25(59-21-18-44-31-10-7-8-28-29(31)24-52(41(28)56)34-14-15-37(53)49-40(34)55)39(54)46-26-16-19-51(20-17-26)27-12-13-32(35(22-27)58-2)48-42-45-23-30(43)38(50-42)47-33-9-5-6-11-36(33)60(3,4)57/h5-13,22-23,25-26,34,44H,14-21,24H2,1-4H3,(H,46,54)(H,49,53,55)(H2,45,47,48,50). The molecule has 3 aromatic carbocycles. The van der Waals surface area contributed by atoms with Crippen molar-refractivity contribution in [3.63, 3.8) is 0 Å². The summed E-state index contributed by atoms with van der Waals surface area (Å²) in [4.78, 5) is 63.0. The first-order valence-corrected chi connectivity index (χ1v) is 22.8. The minimum atomic E-state index is -2.57.